The molecular formula is C20H28ClN3O3. The van der Waals surface area contributed by atoms with E-state index in [1.165, 1.54) is 0 Å². The van der Waals surface area contributed by atoms with Gasteiger partial charge in [-0.2, -0.15) is 0 Å². The largest absolute Gasteiger partial charge is 0.383 e. The van der Waals surface area contributed by atoms with Crippen LogP contribution in [0, 0.1) is 5.92 Å². The van der Waals surface area contributed by atoms with Crippen LogP contribution in [0.2, 0.25) is 5.02 Å². The minimum Gasteiger partial charge on any atom is -0.383 e. The van der Waals surface area contributed by atoms with Crippen LogP contribution in [0.15, 0.2) is 24.3 Å². The van der Waals surface area contributed by atoms with Crippen LogP contribution in [0.1, 0.15) is 18.4 Å². The van der Waals surface area contributed by atoms with E-state index in [-0.39, 0.29) is 17.7 Å². The number of methoxy groups -OCH3 is 1. The maximum atomic E-state index is 13.0. The Morgan fingerprint density at radius 2 is 1.89 bits per heavy atom. The van der Waals surface area contributed by atoms with Crippen LogP contribution < -0.4 is 0 Å². The number of piperazine rings is 1. The lowest BCUT2D eigenvalue weighted by Gasteiger charge is -2.39. The van der Waals surface area contributed by atoms with Crippen LogP contribution in [0.25, 0.3) is 0 Å². The number of hydrogen-bond donors (Lipinski definition) is 0. The van der Waals surface area contributed by atoms with Crippen LogP contribution >= 0.6 is 11.6 Å². The lowest BCUT2D eigenvalue weighted by atomic mass is 9.95. The van der Waals surface area contributed by atoms with Gasteiger partial charge in [0.05, 0.1) is 12.5 Å². The van der Waals surface area contributed by atoms with Crippen molar-refractivity contribution in [3.05, 3.63) is 34.9 Å². The molecule has 1 aromatic rings. The highest BCUT2D eigenvalue weighted by atomic mass is 35.5. The van der Waals surface area contributed by atoms with Crippen LogP contribution in [-0.4, -0.2) is 79.5 Å². The topological polar surface area (TPSA) is 53.1 Å². The van der Waals surface area contributed by atoms with Gasteiger partial charge in [-0.25, -0.2) is 0 Å². The lowest BCUT2D eigenvalue weighted by molar-refractivity contribution is -0.144. The maximum Gasteiger partial charge on any atom is 0.227 e. The summed E-state index contributed by atoms with van der Waals surface area (Å²) in [5.74, 6) is 0.217. The Hall–Kier alpha value is -1.63. The van der Waals surface area contributed by atoms with E-state index in [0.29, 0.717) is 31.0 Å². The zero-order valence-electron chi connectivity index (χ0n) is 15.9. The van der Waals surface area contributed by atoms with Gasteiger partial charge in [0.2, 0.25) is 11.8 Å². The van der Waals surface area contributed by atoms with Crippen LogP contribution in [0.5, 0.6) is 0 Å². The molecule has 3 rings (SSSR count). The molecule has 2 aliphatic rings. The van der Waals surface area contributed by atoms with E-state index < -0.39 is 0 Å². The van der Waals surface area contributed by atoms with Gasteiger partial charge in [-0.05, 0) is 24.1 Å². The number of amides is 2. The second kappa shape index (κ2) is 9.53. The molecule has 1 aromatic carbocycles. The highest BCUT2D eigenvalue weighted by Gasteiger charge is 2.33. The predicted octanol–water partition coefficient (Wildman–Crippen LogP) is 1.87. The molecule has 27 heavy (non-hydrogen) atoms. The third kappa shape index (κ3) is 5.43. The fourth-order valence-corrected chi connectivity index (χ4v) is 3.88. The van der Waals surface area contributed by atoms with Crippen molar-refractivity contribution < 1.29 is 14.3 Å². The van der Waals surface area contributed by atoms with E-state index in [1.807, 2.05) is 34.1 Å². The van der Waals surface area contributed by atoms with E-state index in [4.69, 9.17) is 16.3 Å². The van der Waals surface area contributed by atoms with Crippen molar-refractivity contribution in [3.63, 3.8) is 0 Å². The molecule has 1 atom stereocenters. The highest BCUT2D eigenvalue weighted by Crippen LogP contribution is 2.23. The molecule has 0 saturated carbocycles. The van der Waals surface area contributed by atoms with Gasteiger partial charge in [-0.1, -0.05) is 23.7 Å². The van der Waals surface area contributed by atoms with Crippen molar-refractivity contribution in [2.75, 3.05) is 53.0 Å². The fraction of sp³-hybridized carbons (Fsp3) is 0.600. The van der Waals surface area contributed by atoms with Gasteiger partial charge in [-0.15, -0.1) is 0 Å². The Morgan fingerprint density at radius 1 is 1.19 bits per heavy atom. The van der Waals surface area contributed by atoms with Gasteiger partial charge in [0.1, 0.15) is 0 Å². The molecular weight excluding hydrogens is 366 g/mol. The number of hydrogen-bond acceptors (Lipinski definition) is 4. The van der Waals surface area contributed by atoms with E-state index in [9.17, 15) is 9.59 Å². The van der Waals surface area contributed by atoms with Crippen LogP contribution in [0.3, 0.4) is 0 Å². The lowest BCUT2D eigenvalue weighted by Crippen LogP contribution is -2.53. The molecule has 6 nitrogen and oxygen atoms in total. The van der Waals surface area contributed by atoms with Crippen molar-refractivity contribution in [1.82, 2.24) is 14.7 Å². The smallest absolute Gasteiger partial charge is 0.227 e. The summed E-state index contributed by atoms with van der Waals surface area (Å²) >= 11 is 5.93. The summed E-state index contributed by atoms with van der Waals surface area (Å²) in [5, 5.41) is 0.682. The summed E-state index contributed by atoms with van der Waals surface area (Å²) < 4.78 is 5.12. The number of ether oxygens (including phenoxy) is 1. The molecule has 2 heterocycles. The molecule has 2 saturated heterocycles. The Balaban J connectivity index is 1.53. The Labute approximate surface area is 166 Å². The van der Waals surface area contributed by atoms with Gasteiger partial charge < -0.3 is 14.5 Å². The molecule has 0 radical (unpaired) electrons. The molecule has 0 aliphatic carbocycles. The zero-order chi connectivity index (χ0) is 19.2. The Bertz CT molecular complexity index is 644. The molecule has 7 heteroatoms. The second-order valence-corrected chi connectivity index (χ2v) is 7.73. The maximum absolute atomic E-state index is 13.0. The molecule has 2 aliphatic heterocycles. The minimum absolute atomic E-state index is 0.0967. The molecule has 0 unspecified atom stereocenters. The van der Waals surface area contributed by atoms with Gasteiger partial charge >= 0.3 is 0 Å². The minimum atomic E-state index is -0.0967. The average Bonchev–Trinajstić information content (AvgIpc) is 2.69. The van der Waals surface area contributed by atoms with Crippen molar-refractivity contribution in [2.45, 2.75) is 19.4 Å². The number of halogens is 1. The van der Waals surface area contributed by atoms with Crippen molar-refractivity contribution in [3.8, 4) is 0 Å². The highest BCUT2D eigenvalue weighted by molar-refractivity contribution is 6.30. The zero-order valence-corrected chi connectivity index (χ0v) is 16.7. The summed E-state index contributed by atoms with van der Waals surface area (Å²) in [7, 11) is 1.71. The van der Waals surface area contributed by atoms with Gasteiger partial charge in [0.25, 0.3) is 0 Å². The summed E-state index contributed by atoms with van der Waals surface area (Å²) in [5.41, 5.74) is 1.03. The summed E-state index contributed by atoms with van der Waals surface area (Å²) in [6.07, 6.45) is 1.09. The first-order valence-electron chi connectivity index (χ1n) is 9.59. The summed E-state index contributed by atoms with van der Waals surface area (Å²) in [6, 6.07) is 7.52. The fourth-order valence-electron chi connectivity index (χ4n) is 3.75. The van der Waals surface area contributed by atoms with Crippen LogP contribution in [-0.2, 0) is 20.9 Å². The van der Waals surface area contributed by atoms with E-state index >= 15 is 0 Å². The first kappa shape index (κ1) is 20.1. The molecule has 0 aromatic heterocycles. The van der Waals surface area contributed by atoms with E-state index in [0.717, 1.165) is 44.9 Å². The number of carbonyl (C=O) groups excluding carboxylic acids is 2. The van der Waals surface area contributed by atoms with Crippen LogP contribution in [0.4, 0.5) is 0 Å². The molecule has 0 N–H and O–H groups in total. The first-order valence-corrected chi connectivity index (χ1v) is 9.97. The Morgan fingerprint density at radius 3 is 2.56 bits per heavy atom. The third-order valence-corrected chi connectivity index (χ3v) is 5.68. The standard InChI is InChI=1S/C20H28ClN3O3/c1-27-13-12-22-8-10-23(11-9-22)20(26)17-4-7-19(25)24(15-17)14-16-2-5-18(21)6-3-16/h2-3,5-6,17H,4,7-15H2,1H3/t17-/m1/s1. The summed E-state index contributed by atoms with van der Waals surface area (Å²) in [6.45, 7) is 5.94. The van der Waals surface area contributed by atoms with Gasteiger partial charge in [0.15, 0.2) is 0 Å². The molecule has 0 bridgehead atoms. The van der Waals surface area contributed by atoms with Crippen molar-refractivity contribution in [2.24, 2.45) is 5.92 Å². The normalized spacial score (nSPS) is 21.6. The van der Waals surface area contributed by atoms with Crippen molar-refractivity contribution in [1.29, 1.82) is 0 Å². The van der Waals surface area contributed by atoms with E-state index in [1.54, 1.807) is 7.11 Å². The third-order valence-electron chi connectivity index (χ3n) is 5.43. The second-order valence-electron chi connectivity index (χ2n) is 7.30. The van der Waals surface area contributed by atoms with Crippen molar-refractivity contribution >= 4 is 23.4 Å². The quantitative estimate of drug-likeness (QED) is 0.740. The molecule has 0 spiro atoms. The number of likely N-dealkylation sites (tertiary alicyclic amines) is 1. The number of carbonyl (C=O) groups is 2. The van der Waals surface area contributed by atoms with Gasteiger partial charge in [-0.3, -0.25) is 14.5 Å². The number of piperidine rings is 1. The Kier molecular flexibility index (Phi) is 7.10. The SMILES string of the molecule is COCCN1CCN(C(=O)[C@@H]2CCC(=O)N(Cc3ccc(Cl)cc3)C2)CC1. The number of rotatable bonds is 6. The summed E-state index contributed by atoms with van der Waals surface area (Å²) in [4.78, 5) is 31.4. The monoisotopic (exact) mass is 393 g/mol. The van der Waals surface area contributed by atoms with Gasteiger partial charge in [0, 0.05) is 64.4 Å². The molecule has 2 fully saturated rings. The molecule has 2 amide bonds. The average molecular weight is 394 g/mol. The van der Waals surface area contributed by atoms with E-state index in [2.05, 4.69) is 4.90 Å². The number of benzene rings is 1. The number of nitrogens with zero attached hydrogens (tertiary/aromatic N) is 3. The predicted molar refractivity (Wildman–Crippen MR) is 104 cm³/mol. The first-order chi connectivity index (χ1) is 13.1. The molecule has 148 valence electrons.